The normalized spacial score (nSPS) is 13.7. The Balaban J connectivity index is 2.97. The van der Waals surface area contributed by atoms with Crippen LogP contribution in [0.2, 0.25) is 0 Å². The number of carbonyl (C=O) groups excluding carboxylic acids is 1. The number of hydrogen-bond acceptors (Lipinski definition) is 6. The fraction of sp³-hybridized carbons (Fsp3) is 0.500. The molecule has 2 unspecified atom stereocenters. The number of carbonyl (C=O) groups is 1. The highest BCUT2D eigenvalue weighted by Gasteiger charge is 2.22. The molecule has 0 spiro atoms. The molecule has 1 aromatic carbocycles. The zero-order valence-corrected chi connectivity index (χ0v) is 11.9. The van der Waals surface area contributed by atoms with Crippen LogP contribution in [-0.4, -0.2) is 50.1 Å². The number of methoxy groups -OCH3 is 2. The van der Waals surface area contributed by atoms with Gasteiger partial charge in [0.1, 0.15) is 11.9 Å². The van der Waals surface area contributed by atoms with Crippen LogP contribution in [0.25, 0.3) is 0 Å². The molecule has 6 heteroatoms. The lowest BCUT2D eigenvalue weighted by Gasteiger charge is -2.20. The molecule has 0 aliphatic rings. The lowest BCUT2D eigenvalue weighted by molar-refractivity contribution is 0.0127. The maximum atomic E-state index is 11.4. The summed E-state index contributed by atoms with van der Waals surface area (Å²) >= 11 is 0. The van der Waals surface area contributed by atoms with E-state index in [-0.39, 0.29) is 0 Å². The Kier molecular flexibility index (Phi) is 6.44. The first-order valence-corrected chi connectivity index (χ1v) is 6.32. The number of rotatable bonds is 7. The quantitative estimate of drug-likeness (QED) is 0.631. The summed E-state index contributed by atoms with van der Waals surface area (Å²) in [5, 5.41) is 23.0. The van der Waals surface area contributed by atoms with Gasteiger partial charge in [0.25, 0.3) is 0 Å². The molecule has 3 N–H and O–H groups in total. The first kappa shape index (κ1) is 16.4. The molecule has 1 aromatic rings. The Morgan fingerprint density at radius 3 is 2.60 bits per heavy atom. The van der Waals surface area contributed by atoms with Crippen LogP contribution in [0.5, 0.6) is 5.75 Å². The predicted octanol–water partition coefficient (Wildman–Crippen LogP) is 0.486. The molecule has 20 heavy (non-hydrogen) atoms. The van der Waals surface area contributed by atoms with E-state index >= 15 is 0 Å². The van der Waals surface area contributed by atoms with E-state index in [4.69, 9.17) is 4.74 Å². The van der Waals surface area contributed by atoms with Gasteiger partial charge in [-0.25, -0.2) is 4.79 Å². The standard InChI is InChI=1S/C14H21NO5/c1-15-7-6-11(16)13(17)10-5-4-9(14(18)20-3)8-12(10)19-2/h4-5,8,11,13,15-17H,6-7H2,1-3H3. The molecule has 0 amide bonds. The van der Waals surface area contributed by atoms with E-state index in [1.165, 1.54) is 26.4 Å². The van der Waals surface area contributed by atoms with Crippen LogP contribution < -0.4 is 10.1 Å². The molecule has 0 aromatic heterocycles. The first-order valence-electron chi connectivity index (χ1n) is 6.32. The van der Waals surface area contributed by atoms with Crippen molar-refractivity contribution in [2.24, 2.45) is 0 Å². The van der Waals surface area contributed by atoms with Crippen LogP contribution in [0.1, 0.15) is 28.4 Å². The third-order valence-corrected chi connectivity index (χ3v) is 3.03. The Morgan fingerprint density at radius 2 is 2.05 bits per heavy atom. The van der Waals surface area contributed by atoms with E-state index in [1.807, 2.05) is 0 Å². The van der Waals surface area contributed by atoms with Gasteiger partial charge in [0.15, 0.2) is 0 Å². The average Bonchev–Trinajstić information content (AvgIpc) is 2.50. The zero-order chi connectivity index (χ0) is 15.1. The van der Waals surface area contributed by atoms with Gasteiger partial charge in [-0.15, -0.1) is 0 Å². The van der Waals surface area contributed by atoms with E-state index in [2.05, 4.69) is 10.1 Å². The van der Waals surface area contributed by atoms with Crippen molar-refractivity contribution >= 4 is 5.97 Å². The van der Waals surface area contributed by atoms with Crippen molar-refractivity contribution < 1.29 is 24.5 Å². The van der Waals surface area contributed by atoms with Gasteiger partial charge in [-0.2, -0.15) is 0 Å². The number of nitrogens with one attached hydrogen (secondary N) is 1. The number of hydrogen-bond donors (Lipinski definition) is 3. The third-order valence-electron chi connectivity index (χ3n) is 3.03. The topological polar surface area (TPSA) is 88.0 Å². The fourth-order valence-corrected chi connectivity index (χ4v) is 1.86. The summed E-state index contributed by atoms with van der Waals surface area (Å²) < 4.78 is 9.78. The van der Waals surface area contributed by atoms with Crippen LogP contribution >= 0.6 is 0 Å². The Bertz CT molecular complexity index is 449. The lowest BCUT2D eigenvalue weighted by atomic mass is 9.99. The first-order chi connectivity index (χ1) is 9.54. The van der Waals surface area contributed by atoms with Gasteiger partial charge >= 0.3 is 5.97 Å². The van der Waals surface area contributed by atoms with Gasteiger partial charge in [0.2, 0.25) is 0 Å². The van der Waals surface area contributed by atoms with Crippen molar-refractivity contribution in [3.63, 3.8) is 0 Å². The minimum absolute atomic E-state index is 0.324. The molecule has 0 radical (unpaired) electrons. The van der Waals surface area contributed by atoms with Gasteiger partial charge in [0.05, 0.1) is 25.9 Å². The molecule has 112 valence electrons. The largest absolute Gasteiger partial charge is 0.496 e. The molecule has 0 aliphatic heterocycles. The molecule has 0 fully saturated rings. The SMILES string of the molecule is CNCCC(O)C(O)c1ccc(C(=O)OC)cc1OC. The number of aliphatic hydroxyl groups excluding tert-OH is 2. The summed E-state index contributed by atoms with van der Waals surface area (Å²) in [5.41, 5.74) is 0.758. The zero-order valence-electron chi connectivity index (χ0n) is 11.9. The Hall–Kier alpha value is -1.63. The number of aliphatic hydroxyl groups is 2. The molecule has 1 rings (SSSR count). The van der Waals surface area contributed by atoms with Crippen molar-refractivity contribution in [1.82, 2.24) is 5.32 Å². The maximum Gasteiger partial charge on any atom is 0.337 e. The summed E-state index contributed by atoms with van der Waals surface area (Å²) in [4.78, 5) is 11.4. The molecule has 0 saturated heterocycles. The number of ether oxygens (including phenoxy) is 2. The molecule has 0 bridgehead atoms. The van der Waals surface area contributed by atoms with Crippen LogP contribution in [0, 0.1) is 0 Å². The monoisotopic (exact) mass is 283 g/mol. The molecule has 6 nitrogen and oxygen atoms in total. The van der Waals surface area contributed by atoms with Crippen molar-refractivity contribution in [3.8, 4) is 5.75 Å². The average molecular weight is 283 g/mol. The molecule has 0 aliphatic carbocycles. The van der Waals surface area contributed by atoms with Crippen LogP contribution in [0.15, 0.2) is 18.2 Å². The second-order valence-corrected chi connectivity index (χ2v) is 4.35. The highest BCUT2D eigenvalue weighted by atomic mass is 16.5. The van der Waals surface area contributed by atoms with Crippen molar-refractivity contribution in [2.75, 3.05) is 27.8 Å². The van der Waals surface area contributed by atoms with Crippen molar-refractivity contribution in [3.05, 3.63) is 29.3 Å². The fourth-order valence-electron chi connectivity index (χ4n) is 1.86. The van der Waals surface area contributed by atoms with Gasteiger partial charge in [-0.3, -0.25) is 0 Å². The number of esters is 1. The van der Waals surface area contributed by atoms with Crippen molar-refractivity contribution in [2.45, 2.75) is 18.6 Å². The predicted molar refractivity (Wildman–Crippen MR) is 73.8 cm³/mol. The summed E-state index contributed by atoms with van der Waals surface area (Å²) in [6.07, 6.45) is -1.59. The Labute approximate surface area is 118 Å². The second kappa shape index (κ2) is 7.84. The van der Waals surface area contributed by atoms with Gasteiger partial charge in [-0.1, -0.05) is 6.07 Å². The minimum atomic E-state index is -1.08. The van der Waals surface area contributed by atoms with Gasteiger partial charge in [-0.05, 0) is 32.1 Å². The summed E-state index contributed by atoms with van der Waals surface area (Å²) in [7, 11) is 4.50. The Morgan fingerprint density at radius 1 is 1.35 bits per heavy atom. The van der Waals surface area contributed by atoms with E-state index < -0.39 is 18.2 Å². The summed E-state index contributed by atoms with van der Waals surface area (Å²) in [5.74, 6) is -0.149. The minimum Gasteiger partial charge on any atom is -0.496 e. The summed E-state index contributed by atoms with van der Waals surface area (Å²) in [6.45, 7) is 0.584. The highest BCUT2D eigenvalue weighted by molar-refractivity contribution is 5.89. The van der Waals surface area contributed by atoms with Crippen LogP contribution in [0.3, 0.4) is 0 Å². The van der Waals surface area contributed by atoms with Crippen LogP contribution in [0.4, 0.5) is 0 Å². The highest BCUT2D eigenvalue weighted by Crippen LogP contribution is 2.29. The number of benzene rings is 1. The van der Waals surface area contributed by atoms with Gasteiger partial charge < -0.3 is 25.0 Å². The van der Waals surface area contributed by atoms with E-state index in [9.17, 15) is 15.0 Å². The molecular formula is C14H21NO5. The van der Waals surface area contributed by atoms with Crippen molar-refractivity contribution in [1.29, 1.82) is 0 Å². The molecule has 2 atom stereocenters. The van der Waals surface area contributed by atoms with E-state index in [0.717, 1.165) is 0 Å². The third kappa shape index (κ3) is 3.93. The van der Waals surface area contributed by atoms with E-state index in [1.54, 1.807) is 13.1 Å². The second-order valence-electron chi connectivity index (χ2n) is 4.35. The molecular weight excluding hydrogens is 262 g/mol. The van der Waals surface area contributed by atoms with E-state index in [0.29, 0.717) is 29.8 Å². The molecule has 0 saturated carbocycles. The lowest BCUT2D eigenvalue weighted by Crippen LogP contribution is -2.23. The van der Waals surface area contributed by atoms with Crippen LogP contribution in [-0.2, 0) is 4.74 Å². The summed E-state index contributed by atoms with van der Waals surface area (Å²) in [6, 6.07) is 4.56. The smallest absolute Gasteiger partial charge is 0.337 e. The maximum absolute atomic E-state index is 11.4. The van der Waals surface area contributed by atoms with Gasteiger partial charge in [0, 0.05) is 5.56 Å². The molecule has 0 heterocycles.